The van der Waals surface area contributed by atoms with Crippen LogP contribution in [0.2, 0.25) is 0 Å². The summed E-state index contributed by atoms with van der Waals surface area (Å²) in [4.78, 5) is 17.6. The molecule has 0 saturated carbocycles. The Hall–Kier alpha value is -2.18. The van der Waals surface area contributed by atoms with Crippen molar-refractivity contribution in [2.24, 2.45) is 0 Å². The molecule has 118 valence electrons. The fourth-order valence-corrected chi connectivity index (χ4v) is 3.62. The summed E-state index contributed by atoms with van der Waals surface area (Å²) in [6.07, 6.45) is 0.855. The topological polar surface area (TPSA) is 54.0 Å². The number of amides is 2. The summed E-state index contributed by atoms with van der Waals surface area (Å²) in [5.74, 6) is 0. The lowest BCUT2D eigenvalue weighted by molar-refractivity contribution is 0.252. The van der Waals surface area contributed by atoms with Crippen molar-refractivity contribution >= 4 is 34.4 Å². The van der Waals surface area contributed by atoms with Gasteiger partial charge in [-0.25, -0.2) is 9.78 Å². The number of hydrogen-bond donors (Lipinski definition) is 2. The molecule has 0 saturated heterocycles. The summed E-state index contributed by atoms with van der Waals surface area (Å²) in [6.45, 7) is 2.61. The highest BCUT2D eigenvalue weighted by Gasteiger charge is 2.05. The lowest BCUT2D eigenvalue weighted by atomic mass is 10.2. The van der Waals surface area contributed by atoms with Crippen LogP contribution < -0.4 is 10.6 Å². The number of aromatic nitrogens is 1. The molecule has 3 aromatic rings. The number of rotatable bonds is 5. The van der Waals surface area contributed by atoms with Crippen LogP contribution in [-0.4, -0.2) is 17.6 Å². The lowest BCUT2D eigenvalue weighted by Crippen LogP contribution is -2.30. The standard InChI is InChI=1S/C17H17N3OS2/c1-12-11-23-16(19-12)13-4-6-14(7-5-13)20-17(21)18-9-8-15-3-2-10-22-15/h2-7,10-11H,8-9H2,1H3,(H2,18,20,21). The van der Waals surface area contributed by atoms with Crippen molar-refractivity contribution in [1.29, 1.82) is 0 Å². The van der Waals surface area contributed by atoms with Crippen molar-refractivity contribution in [3.05, 3.63) is 57.7 Å². The monoisotopic (exact) mass is 343 g/mol. The van der Waals surface area contributed by atoms with Gasteiger partial charge in [-0.15, -0.1) is 22.7 Å². The molecule has 0 unspecified atom stereocenters. The second-order valence-electron chi connectivity index (χ2n) is 5.08. The number of thiazole rings is 1. The Morgan fingerprint density at radius 2 is 2.00 bits per heavy atom. The zero-order chi connectivity index (χ0) is 16.1. The highest BCUT2D eigenvalue weighted by atomic mass is 32.1. The van der Waals surface area contributed by atoms with Gasteiger partial charge in [-0.05, 0) is 49.1 Å². The number of nitrogens with zero attached hydrogens (tertiary/aromatic N) is 1. The number of thiophene rings is 1. The van der Waals surface area contributed by atoms with E-state index in [4.69, 9.17) is 0 Å². The highest BCUT2D eigenvalue weighted by Crippen LogP contribution is 2.24. The summed E-state index contributed by atoms with van der Waals surface area (Å²) in [5, 5.41) is 10.8. The minimum Gasteiger partial charge on any atom is -0.338 e. The summed E-state index contributed by atoms with van der Waals surface area (Å²) in [7, 11) is 0. The zero-order valence-electron chi connectivity index (χ0n) is 12.7. The number of carbonyl (C=O) groups is 1. The molecule has 0 aliphatic rings. The first-order valence-electron chi connectivity index (χ1n) is 7.30. The highest BCUT2D eigenvalue weighted by molar-refractivity contribution is 7.13. The number of benzene rings is 1. The first-order chi connectivity index (χ1) is 11.2. The van der Waals surface area contributed by atoms with Crippen LogP contribution in [0.15, 0.2) is 47.2 Å². The second kappa shape index (κ2) is 7.39. The van der Waals surface area contributed by atoms with E-state index < -0.39 is 0 Å². The zero-order valence-corrected chi connectivity index (χ0v) is 14.3. The maximum absolute atomic E-state index is 11.9. The maximum atomic E-state index is 11.9. The molecule has 0 bridgehead atoms. The first kappa shape index (κ1) is 15.7. The van der Waals surface area contributed by atoms with Crippen molar-refractivity contribution in [1.82, 2.24) is 10.3 Å². The van der Waals surface area contributed by atoms with Crippen LogP contribution in [0.5, 0.6) is 0 Å². The molecule has 2 aromatic heterocycles. The summed E-state index contributed by atoms with van der Waals surface area (Å²) in [5.41, 5.74) is 2.86. The van der Waals surface area contributed by atoms with Crippen molar-refractivity contribution in [3.8, 4) is 10.6 Å². The van der Waals surface area contributed by atoms with E-state index in [1.165, 1.54) is 4.88 Å². The molecule has 2 heterocycles. The third-order valence-corrected chi connectivity index (χ3v) is 5.19. The third-order valence-electron chi connectivity index (χ3n) is 3.25. The Morgan fingerprint density at radius 3 is 2.65 bits per heavy atom. The quantitative estimate of drug-likeness (QED) is 0.714. The Bertz CT molecular complexity index is 764. The van der Waals surface area contributed by atoms with Crippen molar-refractivity contribution in [2.75, 3.05) is 11.9 Å². The molecule has 0 aliphatic heterocycles. The van der Waals surface area contributed by atoms with Crippen molar-refractivity contribution < 1.29 is 4.79 Å². The van der Waals surface area contributed by atoms with Crippen LogP contribution in [0.25, 0.3) is 10.6 Å². The Labute approximate surface area is 143 Å². The third kappa shape index (κ3) is 4.40. The molecule has 0 fully saturated rings. The second-order valence-corrected chi connectivity index (χ2v) is 6.97. The molecule has 0 radical (unpaired) electrons. The lowest BCUT2D eigenvalue weighted by Gasteiger charge is -2.07. The van der Waals surface area contributed by atoms with Crippen molar-refractivity contribution in [3.63, 3.8) is 0 Å². The predicted molar refractivity (Wildman–Crippen MR) is 97.3 cm³/mol. The summed E-state index contributed by atoms with van der Waals surface area (Å²) >= 11 is 3.33. The molecule has 0 spiro atoms. The molecule has 2 amide bonds. The Kier molecular flexibility index (Phi) is 5.05. The van der Waals surface area contributed by atoms with E-state index in [0.29, 0.717) is 6.54 Å². The molecular weight excluding hydrogens is 326 g/mol. The van der Waals surface area contributed by atoms with Gasteiger partial charge in [0.05, 0.1) is 0 Å². The van der Waals surface area contributed by atoms with Gasteiger partial charge in [-0.3, -0.25) is 0 Å². The average Bonchev–Trinajstić information content (AvgIpc) is 3.20. The predicted octanol–water partition coefficient (Wildman–Crippen LogP) is 4.54. The molecule has 6 heteroatoms. The summed E-state index contributed by atoms with van der Waals surface area (Å²) < 4.78 is 0. The van der Waals surface area contributed by atoms with Gasteiger partial charge in [-0.2, -0.15) is 0 Å². The summed E-state index contributed by atoms with van der Waals surface area (Å²) in [6, 6.07) is 11.6. The van der Waals surface area contributed by atoms with E-state index in [1.54, 1.807) is 22.7 Å². The first-order valence-corrected chi connectivity index (χ1v) is 9.06. The maximum Gasteiger partial charge on any atom is 0.319 e. The Balaban J connectivity index is 1.50. The van der Waals surface area contributed by atoms with Gasteiger partial charge in [-0.1, -0.05) is 6.07 Å². The van der Waals surface area contributed by atoms with E-state index in [1.807, 2.05) is 48.0 Å². The van der Waals surface area contributed by atoms with Gasteiger partial charge in [0.25, 0.3) is 0 Å². The largest absolute Gasteiger partial charge is 0.338 e. The molecule has 4 nitrogen and oxygen atoms in total. The van der Waals surface area contributed by atoms with Crippen LogP contribution >= 0.6 is 22.7 Å². The van der Waals surface area contributed by atoms with Gasteiger partial charge in [0.1, 0.15) is 5.01 Å². The van der Waals surface area contributed by atoms with Gasteiger partial charge >= 0.3 is 6.03 Å². The fourth-order valence-electron chi connectivity index (χ4n) is 2.11. The Morgan fingerprint density at radius 1 is 1.17 bits per heavy atom. The molecule has 0 atom stereocenters. The number of aryl methyl sites for hydroxylation is 1. The van der Waals surface area contributed by atoms with E-state index >= 15 is 0 Å². The molecule has 23 heavy (non-hydrogen) atoms. The molecular formula is C17H17N3OS2. The van der Waals surface area contributed by atoms with Crippen LogP contribution in [0.3, 0.4) is 0 Å². The number of carbonyl (C=O) groups excluding carboxylic acids is 1. The molecule has 3 rings (SSSR count). The number of hydrogen-bond acceptors (Lipinski definition) is 4. The molecule has 1 aromatic carbocycles. The van der Waals surface area contributed by atoms with Gasteiger partial charge in [0.15, 0.2) is 0 Å². The van der Waals surface area contributed by atoms with E-state index in [2.05, 4.69) is 21.7 Å². The van der Waals surface area contributed by atoms with Crippen LogP contribution in [-0.2, 0) is 6.42 Å². The van der Waals surface area contributed by atoms with Crippen LogP contribution in [0.4, 0.5) is 10.5 Å². The number of urea groups is 1. The van der Waals surface area contributed by atoms with E-state index in [-0.39, 0.29) is 6.03 Å². The van der Waals surface area contributed by atoms with Gasteiger partial charge in [0, 0.05) is 33.7 Å². The fraction of sp³-hybridized carbons (Fsp3) is 0.176. The van der Waals surface area contributed by atoms with Crippen LogP contribution in [0, 0.1) is 6.92 Å². The number of nitrogens with one attached hydrogen (secondary N) is 2. The average molecular weight is 343 g/mol. The number of anilines is 1. The van der Waals surface area contributed by atoms with E-state index in [0.717, 1.165) is 28.4 Å². The van der Waals surface area contributed by atoms with Gasteiger partial charge in [0.2, 0.25) is 0 Å². The minimum absolute atomic E-state index is 0.181. The van der Waals surface area contributed by atoms with Crippen molar-refractivity contribution in [2.45, 2.75) is 13.3 Å². The van der Waals surface area contributed by atoms with Crippen LogP contribution in [0.1, 0.15) is 10.6 Å². The SMILES string of the molecule is Cc1csc(-c2ccc(NC(=O)NCCc3cccs3)cc2)n1. The van der Waals surface area contributed by atoms with Gasteiger partial charge < -0.3 is 10.6 Å². The molecule has 0 aliphatic carbocycles. The molecule has 2 N–H and O–H groups in total. The minimum atomic E-state index is -0.181. The normalized spacial score (nSPS) is 10.5. The smallest absolute Gasteiger partial charge is 0.319 e. The van der Waals surface area contributed by atoms with E-state index in [9.17, 15) is 4.79 Å².